The van der Waals surface area contributed by atoms with Crippen molar-refractivity contribution in [1.82, 2.24) is 0 Å². The number of hydrogen-bond donors (Lipinski definition) is 0. The van der Waals surface area contributed by atoms with Gasteiger partial charge in [0, 0.05) is 21.8 Å². The van der Waals surface area contributed by atoms with Crippen molar-refractivity contribution >= 4 is 11.8 Å². The van der Waals surface area contributed by atoms with Gasteiger partial charge in [-0.15, -0.1) is 11.8 Å². The van der Waals surface area contributed by atoms with E-state index >= 15 is 0 Å². The fraction of sp³-hybridized carbons (Fsp3) is 0.304. The predicted octanol–water partition coefficient (Wildman–Crippen LogP) is 7.03. The van der Waals surface area contributed by atoms with Gasteiger partial charge in [0.2, 0.25) is 0 Å². The van der Waals surface area contributed by atoms with Gasteiger partial charge >= 0.3 is 0 Å². The van der Waals surface area contributed by atoms with Gasteiger partial charge < -0.3 is 9.15 Å². The number of thioether (sulfide) groups is 1. The molecule has 2 nitrogen and oxygen atoms in total. The first-order valence-electron chi connectivity index (χ1n) is 8.88. The van der Waals surface area contributed by atoms with Crippen molar-refractivity contribution in [3.05, 3.63) is 71.5 Å². The van der Waals surface area contributed by atoms with Crippen LogP contribution in [-0.4, -0.2) is 5.60 Å². The van der Waals surface area contributed by atoms with Gasteiger partial charge in [-0.05, 0) is 65.0 Å². The zero-order valence-corrected chi connectivity index (χ0v) is 16.9. The second-order valence-corrected chi connectivity index (χ2v) is 8.58. The lowest BCUT2D eigenvalue weighted by Gasteiger charge is -2.21. The van der Waals surface area contributed by atoms with Crippen LogP contribution >= 0.6 is 11.8 Å². The summed E-state index contributed by atoms with van der Waals surface area (Å²) in [5, 5.41) is 0. The van der Waals surface area contributed by atoms with Crippen LogP contribution in [0, 0.1) is 13.8 Å². The van der Waals surface area contributed by atoms with E-state index < -0.39 is 0 Å². The third-order valence-corrected chi connectivity index (χ3v) is 5.06. The number of furan rings is 1. The first-order chi connectivity index (χ1) is 12.3. The topological polar surface area (TPSA) is 22.4 Å². The summed E-state index contributed by atoms with van der Waals surface area (Å²) in [4.78, 5) is 1.23. The highest BCUT2D eigenvalue weighted by molar-refractivity contribution is 7.98. The van der Waals surface area contributed by atoms with E-state index in [-0.39, 0.29) is 5.60 Å². The molecule has 0 atom stereocenters. The Balaban J connectivity index is 1.65. The highest BCUT2D eigenvalue weighted by atomic mass is 32.2. The maximum absolute atomic E-state index is 5.97. The molecule has 1 aromatic heterocycles. The Morgan fingerprint density at radius 1 is 0.923 bits per heavy atom. The summed E-state index contributed by atoms with van der Waals surface area (Å²) < 4.78 is 11.8. The Kier molecular flexibility index (Phi) is 5.47. The van der Waals surface area contributed by atoms with E-state index in [0.717, 1.165) is 28.6 Å². The number of benzene rings is 2. The summed E-state index contributed by atoms with van der Waals surface area (Å²) in [6.07, 6.45) is 0. The SMILES string of the molecule is Cc1ccc(-c2cc(CSc3ccc(OC(C)(C)C)cc3)c(C)o2)cc1. The number of hydrogen-bond acceptors (Lipinski definition) is 3. The van der Waals surface area contributed by atoms with Crippen LogP contribution in [0.25, 0.3) is 11.3 Å². The molecule has 0 saturated heterocycles. The van der Waals surface area contributed by atoms with E-state index in [4.69, 9.17) is 9.15 Å². The van der Waals surface area contributed by atoms with Gasteiger partial charge in [-0.3, -0.25) is 0 Å². The maximum Gasteiger partial charge on any atom is 0.134 e. The first-order valence-corrected chi connectivity index (χ1v) is 9.87. The highest BCUT2D eigenvalue weighted by Gasteiger charge is 2.12. The van der Waals surface area contributed by atoms with Gasteiger partial charge in [-0.2, -0.15) is 0 Å². The van der Waals surface area contributed by atoms with Crippen molar-refractivity contribution < 1.29 is 9.15 Å². The Bertz CT molecular complexity index is 853. The molecular formula is C23H26O2S. The van der Waals surface area contributed by atoms with Crippen LogP contribution in [-0.2, 0) is 5.75 Å². The predicted molar refractivity (Wildman–Crippen MR) is 110 cm³/mol. The monoisotopic (exact) mass is 366 g/mol. The lowest BCUT2D eigenvalue weighted by atomic mass is 10.1. The molecule has 3 aromatic rings. The zero-order chi connectivity index (χ0) is 18.7. The summed E-state index contributed by atoms with van der Waals surface area (Å²) in [6.45, 7) is 10.3. The van der Waals surface area contributed by atoms with Crippen molar-refractivity contribution in [3.8, 4) is 17.1 Å². The van der Waals surface area contributed by atoms with Crippen LogP contribution in [0.4, 0.5) is 0 Å². The Morgan fingerprint density at radius 2 is 1.58 bits per heavy atom. The quantitative estimate of drug-likeness (QED) is 0.452. The summed E-state index contributed by atoms with van der Waals surface area (Å²) in [5.74, 6) is 3.72. The minimum atomic E-state index is -0.172. The van der Waals surface area contributed by atoms with Crippen LogP contribution in [0.15, 0.2) is 63.9 Å². The van der Waals surface area contributed by atoms with Gasteiger partial charge in [0.05, 0.1) is 0 Å². The Labute approximate surface area is 160 Å². The fourth-order valence-electron chi connectivity index (χ4n) is 2.64. The third kappa shape index (κ3) is 4.95. The van der Waals surface area contributed by atoms with Crippen LogP contribution in [0.3, 0.4) is 0 Å². The molecule has 3 heteroatoms. The molecule has 1 heterocycles. The van der Waals surface area contributed by atoms with Crippen LogP contribution in [0.5, 0.6) is 5.75 Å². The molecule has 136 valence electrons. The van der Waals surface area contributed by atoms with Crippen molar-refractivity contribution in [3.63, 3.8) is 0 Å². The average Bonchev–Trinajstić information content (AvgIpc) is 2.94. The second-order valence-electron chi connectivity index (χ2n) is 7.53. The van der Waals surface area contributed by atoms with Crippen LogP contribution in [0.2, 0.25) is 0 Å². The molecule has 0 aliphatic carbocycles. The van der Waals surface area contributed by atoms with E-state index in [9.17, 15) is 0 Å². The minimum Gasteiger partial charge on any atom is -0.488 e. The molecule has 0 fully saturated rings. The van der Waals surface area contributed by atoms with E-state index in [1.807, 2.05) is 30.8 Å². The second kappa shape index (κ2) is 7.63. The van der Waals surface area contributed by atoms with Crippen molar-refractivity contribution in [2.75, 3.05) is 0 Å². The maximum atomic E-state index is 5.97. The van der Waals surface area contributed by atoms with Gasteiger partial charge in [-0.1, -0.05) is 29.8 Å². The fourth-order valence-corrected chi connectivity index (χ4v) is 3.58. The van der Waals surface area contributed by atoms with Crippen molar-refractivity contribution in [2.45, 2.75) is 50.9 Å². The minimum absolute atomic E-state index is 0.172. The third-order valence-electron chi connectivity index (χ3n) is 4.00. The Hall–Kier alpha value is -2.13. The molecular weight excluding hydrogens is 340 g/mol. The van der Waals surface area contributed by atoms with Crippen molar-refractivity contribution in [2.24, 2.45) is 0 Å². The van der Waals surface area contributed by atoms with E-state index in [2.05, 4.69) is 70.2 Å². The smallest absolute Gasteiger partial charge is 0.134 e. The Morgan fingerprint density at radius 3 is 2.19 bits per heavy atom. The molecule has 0 radical (unpaired) electrons. The number of rotatable bonds is 5. The molecule has 0 spiro atoms. The molecule has 0 amide bonds. The zero-order valence-electron chi connectivity index (χ0n) is 16.1. The lowest BCUT2D eigenvalue weighted by Crippen LogP contribution is -2.22. The van der Waals surface area contributed by atoms with Gasteiger partial charge in [-0.25, -0.2) is 0 Å². The normalized spacial score (nSPS) is 11.6. The summed E-state index contributed by atoms with van der Waals surface area (Å²) in [7, 11) is 0. The highest BCUT2D eigenvalue weighted by Crippen LogP contribution is 2.31. The van der Waals surface area contributed by atoms with E-state index in [1.54, 1.807) is 0 Å². The summed E-state index contributed by atoms with van der Waals surface area (Å²) in [6, 6.07) is 18.9. The molecule has 3 rings (SSSR count). The van der Waals surface area contributed by atoms with Gasteiger partial charge in [0.25, 0.3) is 0 Å². The molecule has 0 saturated carbocycles. The summed E-state index contributed by atoms with van der Waals surface area (Å²) in [5.41, 5.74) is 3.44. The lowest BCUT2D eigenvalue weighted by molar-refractivity contribution is 0.131. The first kappa shape index (κ1) is 18.7. The molecule has 0 aliphatic rings. The largest absolute Gasteiger partial charge is 0.488 e. The van der Waals surface area contributed by atoms with E-state index in [0.29, 0.717) is 0 Å². The molecule has 2 aromatic carbocycles. The standard InChI is InChI=1S/C23H26O2S/c1-16-6-8-18(9-7-16)22-14-19(17(2)24-22)15-26-21-12-10-20(11-13-21)25-23(3,4)5/h6-14H,15H2,1-5H3. The van der Waals surface area contributed by atoms with Gasteiger partial charge in [0.1, 0.15) is 22.9 Å². The molecule has 0 unspecified atom stereocenters. The number of aryl methyl sites for hydroxylation is 2. The van der Waals surface area contributed by atoms with Gasteiger partial charge in [0.15, 0.2) is 0 Å². The molecule has 0 bridgehead atoms. The van der Waals surface area contributed by atoms with Crippen LogP contribution < -0.4 is 4.74 Å². The average molecular weight is 367 g/mol. The molecule has 0 N–H and O–H groups in total. The molecule has 26 heavy (non-hydrogen) atoms. The van der Waals surface area contributed by atoms with Crippen LogP contribution in [0.1, 0.15) is 37.7 Å². The van der Waals surface area contributed by atoms with Crippen molar-refractivity contribution in [1.29, 1.82) is 0 Å². The number of ether oxygens (including phenoxy) is 1. The summed E-state index contributed by atoms with van der Waals surface area (Å²) >= 11 is 1.81. The van der Waals surface area contributed by atoms with E-state index in [1.165, 1.54) is 16.0 Å². The molecule has 0 aliphatic heterocycles.